The van der Waals surface area contributed by atoms with Crippen molar-refractivity contribution in [3.05, 3.63) is 0 Å². The number of ether oxygens (including phenoxy) is 4. The molecular formula is C29H52O5Si. The summed E-state index contributed by atoms with van der Waals surface area (Å²) in [6, 6.07) is 0. The van der Waals surface area contributed by atoms with Crippen molar-refractivity contribution in [2.75, 3.05) is 27.4 Å². The van der Waals surface area contributed by atoms with Gasteiger partial charge in [-0.3, -0.25) is 0 Å². The second-order valence-corrected chi connectivity index (χ2v) is 19.3. The van der Waals surface area contributed by atoms with E-state index in [-0.39, 0.29) is 33.9 Å². The molecule has 6 heteroatoms. The van der Waals surface area contributed by atoms with Gasteiger partial charge in [-0.25, -0.2) is 0 Å². The standard InChI is InChI=1S/C29H52O5Si/c1-26(2,3)35(8,9)34-19-10-13-27(4)20-11-14-28(5)21(12-15-29(28)32-16-17-33-29)23(20)25(31-7)24(30-6)22(27)18-19/h19-25H,10-18H2,1-9H3/t19-,20?,21?,22?,23?,24+,25?,27+,28-/m0/s1. The van der Waals surface area contributed by atoms with Crippen molar-refractivity contribution < 1.29 is 23.4 Å². The smallest absolute Gasteiger partial charge is 0.192 e. The average molecular weight is 509 g/mol. The number of hydrogen-bond acceptors (Lipinski definition) is 5. The lowest BCUT2D eigenvalue weighted by molar-refractivity contribution is -0.274. The molecule has 5 nitrogen and oxygen atoms in total. The molecule has 202 valence electrons. The van der Waals surface area contributed by atoms with E-state index in [1.54, 1.807) is 0 Å². The highest BCUT2D eigenvalue weighted by Gasteiger charge is 2.70. The van der Waals surface area contributed by atoms with Gasteiger partial charge < -0.3 is 23.4 Å². The quantitative estimate of drug-likeness (QED) is 0.411. The van der Waals surface area contributed by atoms with E-state index in [4.69, 9.17) is 23.4 Å². The summed E-state index contributed by atoms with van der Waals surface area (Å²) >= 11 is 0. The highest BCUT2D eigenvalue weighted by molar-refractivity contribution is 6.74. The second kappa shape index (κ2) is 8.77. The molecule has 0 amide bonds. The lowest BCUT2D eigenvalue weighted by Gasteiger charge is -2.65. The molecule has 4 aliphatic carbocycles. The van der Waals surface area contributed by atoms with Crippen LogP contribution in [0.1, 0.15) is 79.6 Å². The van der Waals surface area contributed by atoms with E-state index >= 15 is 0 Å². The van der Waals surface area contributed by atoms with Gasteiger partial charge in [0.1, 0.15) is 0 Å². The van der Waals surface area contributed by atoms with Gasteiger partial charge in [0.2, 0.25) is 0 Å². The Bertz CT molecular complexity index is 788. The zero-order valence-corrected chi connectivity index (χ0v) is 24.9. The normalized spacial score (nSPS) is 47.4. The van der Waals surface area contributed by atoms with E-state index in [1.807, 2.05) is 14.2 Å². The maximum absolute atomic E-state index is 6.99. The fourth-order valence-electron chi connectivity index (χ4n) is 9.35. The Morgan fingerprint density at radius 3 is 2.03 bits per heavy atom. The Morgan fingerprint density at radius 2 is 1.43 bits per heavy atom. The number of hydrogen-bond donors (Lipinski definition) is 0. The molecule has 1 heterocycles. The minimum absolute atomic E-state index is 0.0611. The zero-order chi connectivity index (χ0) is 25.4. The van der Waals surface area contributed by atoms with Gasteiger partial charge in [-0.15, -0.1) is 0 Å². The van der Waals surface area contributed by atoms with Crippen molar-refractivity contribution in [2.24, 2.45) is 34.5 Å². The van der Waals surface area contributed by atoms with Crippen LogP contribution in [0.2, 0.25) is 18.1 Å². The molecule has 0 radical (unpaired) electrons. The molecule has 35 heavy (non-hydrogen) atoms. The molecule has 1 spiro atoms. The third-order valence-electron chi connectivity index (χ3n) is 12.3. The zero-order valence-electron chi connectivity index (χ0n) is 23.9. The van der Waals surface area contributed by atoms with Gasteiger partial charge in [0.25, 0.3) is 0 Å². The molecule has 4 saturated carbocycles. The molecule has 0 aromatic carbocycles. The topological polar surface area (TPSA) is 46.2 Å². The molecule has 0 N–H and O–H groups in total. The molecule has 1 saturated heterocycles. The second-order valence-electron chi connectivity index (χ2n) is 14.5. The van der Waals surface area contributed by atoms with Crippen LogP contribution >= 0.6 is 0 Å². The predicted octanol–water partition coefficient (Wildman–Crippen LogP) is 6.41. The molecule has 0 aromatic heterocycles. The highest BCUT2D eigenvalue weighted by Crippen LogP contribution is 2.70. The lowest BCUT2D eigenvalue weighted by atomic mass is 9.43. The van der Waals surface area contributed by atoms with Crippen LogP contribution < -0.4 is 0 Å². The van der Waals surface area contributed by atoms with Crippen LogP contribution in [0, 0.1) is 34.5 Å². The van der Waals surface area contributed by atoms with Gasteiger partial charge in [-0.2, -0.15) is 0 Å². The minimum Gasteiger partial charge on any atom is -0.414 e. The van der Waals surface area contributed by atoms with Crippen LogP contribution in [-0.2, 0) is 23.4 Å². The van der Waals surface area contributed by atoms with Crippen LogP contribution in [0.25, 0.3) is 0 Å². The Morgan fingerprint density at radius 1 is 0.800 bits per heavy atom. The summed E-state index contributed by atoms with van der Waals surface area (Å²) in [5.41, 5.74) is 0.327. The van der Waals surface area contributed by atoms with Crippen molar-refractivity contribution in [3.63, 3.8) is 0 Å². The van der Waals surface area contributed by atoms with E-state index < -0.39 is 8.32 Å². The predicted molar refractivity (Wildman–Crippen MR) is 141 cm³/mol. The van der Waals surface area contributed by atoms with E-state index in [1.165, 1.54) is 32.1 Å². The molecule has 5 unspecified atom stereocenters. The average Bonchev–Trinajstić information content (AvgIpc) is 3.38. The Kier molecular flexibility index (Phi) is 6.67. The van der Waals surface area contributed by atoms with Crippen LogP contribution in [0.3, 0.4) is 0 Å². The molecular weight excluding hydrogens is 456 g/mol. The molecule has 1 aliphatic heterocycles. The third-order valence-corrected chi connectivity index (χ3v) is 16.8. The first kappa shape index (κ1) is 26.6. The van der Waals surface area contributed by atoms with Crippen LogP contribution in [0.5, 0.6) is 0 Å². The SMILES string of the molecule is COC1C2C(CC[C@@]3(C)C2CCC32OCCO2)[C@@]2(C)CC[C@H](O[Si](C)(C)C(C)(C)C)CC2[C@H]1OC. The molecule has 0 aromatic rings. The first-order chi connectivity index (χ1) is 16.3. The van der Waals surface area contributed by atoms with Gasteiger partial charge in [-0.05, 0) is 85.7 Å². The van der Waals surface area contributed by atoms with E-state index in [9.17, 15) is 0 Å². The highest BCUT2D eigenvalue weighted by atomic mass is 28.4. The number of fused-ring (bicyclic) bond motifs is 6. The van der Waals surface area contributed by atoms with Crippen LogP contribution in [0.4, 0.5) is 0 Å². The molecule has 5 fully saturated rings. The molecule has 5 rings (SSSR count). The maximum Gasteiger partial charge on any atom is 0.192 e. The summed E-state index contributed by atoms with van der Waals surface area (Å²) in [6.45, 7) is 18.4. The van der Waals surface area contributed by atoms with Gasteiger partial charge in [0, 0.05) is 32.2 Å². The van der Waals surface area contributed by atoms with Gasteiger partial charge in [0.15, 0.2) is 14.1 Å². The van der Waals surface area contributed by atoms with Crippen molar-refractivity contribution in [3.8, 4) is 0 Å². The van der Waals surface area contributed by atoms with Crippen LogP contribution in [-0.4, -0.2) is 59.8 Å². The molecule has 9 atom stereocenters. The first-order valence-corrected chi connectivity index (χ1v) is 17.3. The Labute approximate surface area is 215 Å². The fourth-order valence-corrected chi connectivity index (χ4v) is 10.7. The van der Waals surface area contributed by atoms with Crippen LogP contribution in [0.15, 0.2) is 0 Å². The van der Waals surface area contributed by atoms with E-state index in [2.05, 4.69) is 47.7 Å². The summed E-state index contributed by atoms with van der Waals surface area (Å²) in [5, 5.41) is 0.234. The summed E-state index contributed by atoms with van der Waals surface area (Å²) in [6.07, 6.45) is 8.71. The number of rotatable bonds is 4. The van der Waals surface area contributed by atoms with Crippen molar-refractivity contribution in [2.45, 2.75) is 122 Å². The summed E-state index contributed by atoms with van der Waals surface area (Å²) < 4.78 is 32.6. The third kappa shape index (κ3) is 3.78. The van der Waals surface area contributed by atoms with Gasteiger partial charge in [0.05, 0.1) is 25.4 Å². The monoisotopic (exact) mass is 508 g/mol. The van der Waals surface area contributed by atoms with Crippen molar-refractivity contribution >= 4 is 8.32 Å². The minimum atomic E-state index is -1.81. The molecule has 0 bridgehead atoms. The largest absolute Gasteiger partial charge is 0.414 e. The van der Waals surface area contributed by atoms with Gasteiger partial charge in [-0.1, -0.05) is 34.6 Å². The van der Waals surface area contributed by atoms with E-state index in [0.29, 0.717) is 29.8 Å². The maximum atomic E-state index is 6.99. The molecule has 5 aliphatic rings. The summed E-state index contributed by atoms with van der Waals surface area (Å²) in [4.78, 5) is 0. The lowest BCUT2D eigenvalue weighted by Crippen LogP contribution is -2.66. The first-order valence-electron chi connectivity index (χ1n) is 14.3. The Hall–Kier alpha value is 0.0169. The fraction of sp³-hybridized carbons (Fsp3) is 1.00. The Balaban J connectivity index is 1.45. The summed E-state index contributed by atoms with van der Waals surface area (Å²) in [5.74, 6) is 1.81. The summed E-state index contributed by atoms with van der Waals surface area (Å²) in [7, 11) is 2.02. The van der Waals surface area contributed by atoms with Crippen molar-refractivity contribution in [1.82, 2.24) is 0 Å². The van der Waals surface area contributed by atoms with E-state index in [0.717, 1.165) is 26.1 Å². The van der Waals surface area contributed by atoms with Gasteiger partial charge >= 0.3 is 0 Å². The van der Waals surface area contributed by atoms with Crippen molar-refractivity contribution in [1.29, 1.82) is 0 Å². The number of methoxy groups -OCH3 is 2.